The van der Waals surface area contributed by atoms with Crippen LogP contribution in [0.15, 0.2) is 12.3 Å². The van der Waals surface area contributed by atoms with Gasteiger partial charge in [0.25, 0.3) is 0 Å². The molecule has 0 spiro atoms. The summed E-state index contributed by atoms with van der Waals surface area (Å²) in [5.74, 6) is -0.525. The molecule has 0 amide bonds. The SMILES string of the molecule is COC(=O)c1ncc(OC(C(=O)OC(C)(C)C)[C@@H]2CCN2)cc1C. The second-order valence-electron chi connectivity index (χ2n) is 6.75. The zero-order valence-electron chi connectivity index (χ0n) is 14.7. The largest absolute Gasteiger partial charge is 0.475 e. The van der Waals surface area contributed by atoms with Crippen molar-refractivity contribution in [2.75, 3.05) is 13.7 Å². The first-order chi connectivity index (χ1) is 11.2. The van der Waals surface area contributed by atoms with E-state index < -0.39 is 23.6 Å². The number of nitrogens with one attached hydrogen (secondary N) is 1. The summed E-state index contributed by atoms with van der Waals surface area (Å²) in [6, 6.07) is 1.57. The number of carbonyl (C=O) groups excluding carboxylic acids is 2. The molecule has 1 aromatic rings. The molecular formula is C17H24N2O5. The highest BCUT2D eigenvalue weighted by atomic mass is 16.6. The van der Waals surface area contributed by atoms with Crippen LogP contribution in [0.4, 0.5) is 0 Å². The molecule has 0 saturated carbocycles. The second-order valence-corrected chi connectivity index (χ2v) is 6.75. The minimum Gasteiger partial charge on any atom is -0.475 e. The van der Waals surface area contributed by atoms with Gasteiger partial charge in [-0.1, -0.05) is 0 Å². The van der Waals surface area contributed by atoms with Gasteiger partial charge in [-0.05, 0) is 52.3 Å². The summed E-state index contributed by atoms with van der Waals surface area (Å²) in [5, 5.41) is 3.17. The number of pyridine rings is 1. The molecule has 24 heavy (non-hydrogen) atoms. The van der Waals surface area contributed by atoms with E-state index in [2.05, 4.69) is 15.0 Å². The zero-order chi connectivity index (χ0) is 17.9. The Morgan fingerprint density at radius 3 is 2.50 bits per heavy atom. The molecule has 0 bridgehead atoms. The predicted molar refractivity (Wildman–Crippen MR) is 87.0 cm³/mol. The summed E-state index contributed by atoms with van der Waals surface area (Å²) >= 11 is 0. The van der Waals surface area contributed by atoms with E-state index >= 15 is 0 Å². The Hall–Kier alpha value is -2.15. The molecule has 1 N–H and O–H groups in total. The zero-order valence-corrected chi connectivity index (χ0v) is 14.7. The van der Waals surface area contributed by atoms with E-state index in [-0.39, 0.29) is 11.7 Å². The van der Waals surface area contributed by atoms with Crippen molar-refractivity contribution in [1.82, 2.24) is 10.3 Å². The highest BCUT2D eigenvalue weighted by Crippen LogP contribution is 2.22. The second kappa shape index (κ2) is 7.17. The Balaban J connectivity index is 2.16. The lowest BCUT2D eigenvalue weighted by Crippen LogP contribution is -2.57. The molecule has 2 heterocycles. The Kier molecular flexibility index (Phi) is 5.43. The molecule has 0 aromatic carbocycles. The third-order valence-corrected chi connectivity index (χ3v) is 3.56. The third kappa shape index (κ3) is 4.44. The first-order valence-corrected chi connectivity index (χ1v) is 7.89. The lowest BCUT2D eigenvalue weighted by molar-refractivity contribution is -0.165. The van der Waals surface area contributed by atoms with Crippen molar-refractivity contribution in [3.05, 3.63) is 23.5 Å². The highest BCUT2D eigenvalue weighted by molar-refractivity contribution is 5.88. The monoisotopic (exact) mass is 336 g/mol. The Morgan fingerprint density at radius 2 is 2.04 bits per heavy atom. The Morgan fingerprint density at radius 1 is 1.38 bits per heavy atom. The number of esters is 2. The summed E-state index contributed by atoms with van der Waals surface area (Å²) in [4.78, 5) is 28.1. The van der Waals surface area contributed by atoms with Crippen molar-refractivity contribution < 1.29 is 23.8 Å². The van der Waals surface area contributed by atoms with Gasteiger partial charge < -0.3 is 19.5 Å². The Labute approximate surface area is 141 Å². The molecule has 1 unspecified atom stereocenters. The standard InChI is InChI=1S/C17H24N2O5/c1-10-8-11(9-19-13(10)15(20)22-5)23-14(12-6-7-18-12)16(21)24-17(2,3)4/h8-9,12,14,18H,6-7H2,1-5H3/t12-,14?/m0/s1. The van der Waals surface area contributed by atoms with E-state index in [0.29, 0.717) is 11.3 Å². The average molecular weight is 336 g/mol. The van der Waals surface area contributed by atoms with Crippen molar-refractivity contribution in [3.63, 3.8) is 0 Å². The summed E-state index contributed by atoms with van der Waals surface area (Å²) in [6.07, 6.45) is 1.48. The smallest absolute Gasteiger partial charge is 0.356 e. The Bertz CT molecular complexity index is 620. The molecular weight excluding hydrogens is 312 g/mol. The van der Waals surface area contributed by atoms with Gasteiger partial charge in [-0.2, -0.15) is 0 Å². The number of hydrogen-bond donors (Lipinski definition) is 1. The maximum absolute atomic E-state index is 12.4. The predicted octanol–water partition coefficient (Wildman–Crippen LogP) is 1.63. The van der Waals surface area contributed by atoms with Crippen LogP contribution in [0.3, 0.4) is 0 Å². The summed E-state index contributed by atoms with van der Waals surface area (Å²) < 4.78 is 15.9. The number of ether oxygens (including phenoxy) is 3. The molecule has 2 rings (SSSR count). The molecule has 0 aliphatic carbocycles. The van der Waals surface area contributed by atoms with E-state index in [1.54, 1.807) is 13.0 Å². The third-order valence-electron chi connectivity index (χ3n) is 3.56. The van der Waals surface area contributed by atoms with Gasteiger partial charge in [0.1, 0.15) is 11.4 Å². The van der Waals surface area contributed by atoms with Crippen LogP contribution in [-0.2, 0) is 14.3 Å². The minimum atomic E-state index is -0.761. The van der Waals surface area contributed by atoms with E-state index in [0.717, 1.165) is 13.0 Å². The minimum absolute atomic E-state index is 0.0968. The van der Waals surface area contributed by atoms with Gasteiger partial charge in [-0.15, -0.1) is 0 Å². The maximum atomic E-state index is 12.4. The molecule has 132 valence electrons. The van der Waals surface area contributed by atoms with Crippen molar-refractivity contribution >= 4 is 11.9 Å². The topological polar surface area (TPSA) is 86.8 Å². The van der Waals surface area contributed by atoms with Gasteiger partial charge in [-0.3, -0.25) is 0 Å². The molecule has 1 aliphatic heterocycles. The lowest BCUT2D eigenvalue weighted by atomic mass is 10.0. The van der Waals surface area contributed by atoms with Crippen molar-refractivity contribution in [1.29, 1.82) is 0 Å². The molecule has 1 saturated heterocycles. The highest BCUT2D eigenvalue weighted by Gasteiger charge is 2.37. The first kappa shape index (κ1) is 18.2. The van der Waals surface area contributed by atoms with Crippen LogP contribution in [0.1, 0.15) is 43.2 Å². The summed E-state index contributed by atoms with van der Waals surface area (Å²) in [7, 11) is 1.30. The number of methoxy groups -OCH3 is 1. The fraction of sp³-hybridized carbons (Fsp3) is 0.588. The summed E-state index contributed by atoms with van der Waals surface area (Å²) in [5.41, 5.74) is 0.245. The van der Waals surface area contributed by atoms with E-state index in [4.69, 9.17) is 9.47 Å². The van der Waals surface area contributed by atoms with Crippen LogP contribution in [-0.4, -0.2) is 48.3 Å². The molecule has 1 aromatic heterocycles. The maximum Gasteiger partial charge on any atom is 0.356 e. The van der Waals surface area contributed by atoms with Gasteiger partial charge >= 0.3 is 11.9 Å². The lowest BCUT2D eigenvalue weighted by Gasteiger charge is -2.35. The molecule has 0 radical (unpaired) electrons. The van der Waals surface area contributed by atoms with Crippen LogP contribution >= 0.6 is 0 Å². The van der Waals surface area contributed by atoms with Crippen molar-refractivity contribution in [3.8, 4) is 5.75 Å². The molecule has 7 nitrogen and oxygen atoms in total. The number of hydrogen-bond acceptors (Lipinski definition) is 7. The number of rotatable bonds is 5. The van der Waals surface area contributed by atoms with Crippen LogP contribution in [0, 0.1) is 6.92 Å². The van der Waals surface area contributed by atoms with Crippen LogP contribution in [0.25, 0.3) is 0 Å². The van der Waals surface area contributed by atoms with Crippen LogP contribution in [0.2, 0.25) is 0 Å². The number of nitrogens with zero attached hydrogens (tertiary/aromatic N) is 1. The van der Waals surface area contributed by atoms with Gasteiger partial charge in [0, 0.05) is 0 Å². The van der Waals surface area contributed by atoms with Crippen LogP contribution < -0.4 is 10.1 Å². The van der Waals surface area contributed by atoms with Crippen molar-refractivity contribution in [2.45, 2.75) is 51.9 Å². The van der Waals surface area contributed by atoms with E-state index in [1.807, 2.05) is 20.8 Å². The van der Waals surface area contributed by atoms with E-state index in [1.165, 1.54) is 13.3 Å². The van der Waals surface area contributed by atoms with Gasteiger partial charge in [0.2, 0.25) is 6.10 Å². The van der Waals surface area contributed by atoms with Gasteiger partial charge in [0.15, 0.2) is 5.69 Å². The first-order valence-electron chi connectivity index (χ1n) is 7.89. The molecule has 2 atom stereocenters. The quantitative estimate of drug-likeness (QED) is 0.818. The molecule has 7 heteroatoms. The number of aryl methyl sites for hydroxylation is 1. The number of aromatic nitrogens is 1. The molecule has 1 aliphatic rings. The molecule has 1 fully saturated rings. The van der Waals surface area contributed by atoms with Gasteiger partial charge in [-0.25, -0.2) is 14.6 Å². The van der Waals surface area contributed by atoms with E-state index in [9.17, 15) is 9.59 Å². The van der Waals surface area contributed by atoms with Crippen LogP contribution in [0.5, 0.6) is 5.75 Å². The summed E-state index contributed by atoms with van der Waals surface area (Å²) in [6.45, 7) is 8.01. The number of carbonyl (C=O) groups is 2. The average Bonchev–Trinajstić information content (AvgIpc) is 2.42. The fourth-order valence-electron chi connectivity index (χ4n) is 2.29. The fourth-order valence-corrected chi connectivity index (χ4v) is 2.29. The van der Waals surface area contributed by atoms with Gasteiger partial charge in [0.05, 0.1) is 19.3 Å². The normalized spacial score (nSPS) is 18.3. The van der Waals surface area contributed by atoms with Crippen molar-refractivity contribution in [2.24, 2.45) is 0 Å².